The van der Waals surface area contributed by atoms with Crippen molar-refractivity contribution in [1.29, 1.82) is 0 Å². The number of rotatable bonds is 7. The van der Waals surface area contributed by atoms with Crippen LogP contribution in [0, 0.1) is 5.92 Å². The van der Waals surface area contributed by atoms with Gasteiger partial charge in [-0.1, -0.05) is 12.8 Å². The highest BCUT2D eigenvalue weighted by Crippen LogP contribution is 2.34. The van der Waals surface area contributed by atoms with Gasteiger partial charge in [0, 0.05) is 13.2 Å². The second-order valence-electron chi connectivity index (χ2n) is 4.17. The molecule has 2 unspecified atom stereocenters. The summed E-state index contributed by atoms with van der Waals surface area (Å²) in [6.45, 7) is 2.08. The van der Waals surface area contributed by atoms with Gasteiger partial charge in [-0.2, -0.15) is 0 Å². The summed E-state index contributed by atoms with van der Waals surface area (Å²) in [4.78, 5) is 0. The molecule has 13 heavy (non-hydrogen) atoms. The van der Waals surface area contributed by atoms with E-state index >= 15 is 0 Å². The van der Waals surface area contributed by atoms with Crippen LogP contribution in [0.4, 0.5) is 0 Å². The van der Waals surface area contributed by atoms with Gasteiger partial charge in [0.05, 0.1) is 6.10 Å². The maximum absolute atomic E-state index is 5.48. The van der Waals surface area contributed by atoms with E-state index in [1.54, 1.807) is 7.11 Å². The number of methoxy groups -OCH3 is 1. The van der Waals surface area contributed by atoms with Gasteiger partial charge < -0.3 is 4.74 Å². The Labute approximate surface area is 81.0 Å². The van der Waals surface area contributed by atoms with Gasteiger partial charge >= 0.3 is 0 Å². The minimum absolute atomic E-state index is 0.306. The predicted octanol–water partition coefficient (Wildman–Crippen LogP) is 1.43. The summed E-state index contributed by atoms with van der Waals surface area (Å²) in [7, 11) is 1.75. The van der Waals surface area contributed by atoms with Crippen LogP contribution in [-0.4, -0.2) is 19.3 Å². The highest BCUT2D eigenvalue weighted by Gasteiger charge is 2.22. The van der Waals surface area contributed by atoms with Crippen LogP contribution in [0.25, 0.3) is 0 Å². The summed E-state index contributed by atoms with van der Waals surface area (Å²) >= 11 is 0. The van der Waals surface area contributed by atoms with Gasteiger partial charge in [0.2, 0.25) is 0 Å². The number of nitrogens with one attached hydrogen (secondary N) is 1. The molecular weight excluding hydrogens is 164 g/mol. The largest absolute Gasteiger partial charge is 0.382 e. The maximum Gasteiger partial charge on any atom is 0.0558 e. The van der Waals surface area contributed by atoms with Crippen molar-refractivity contribution >= 4 is 0 Å². The Hall–Kier alpha value is -0.120. The number of ether oxygens (including phenoxy) is 1. The average Bonchev–Trinajstić information content (AvgIpc) is 2.95. The van der Waals surface area contributed by atoms with Gasteiger partial charge in [-0.05, 0) is 32.1 Å². The van der Waals surface area contributed by atoms with Crippen LogP contribution < -0.4 is 11.3 Å². The van der Waals surface area contributed by atoms with E-state index in [2.05, 4.69) is 12.3 Å². The number of hydrogen-bond acceptors (Lipinski definition) is 3. The molecule has 0 aromatic heterocycles. The van der Waals surface area contributed by atoms with E-state index in [-0.39, 0.29) is 0 Å². The molecule has 78 valence electrons. The van der Waals surface area contributed by atoms with Crippen molar-refractivity contribution in [3.05, 3.63) is 0 Å². The van der Waals surface area contributed by atoms with E-state index < -0.39 is 0 Å². The van der Waals surface area contributed by atoms with Crippen LogP contribution >= 0.6 is 0 Å². The molecular formula is C10H22N2O. The predicted molar refractivity (Wildman–Crippen MR) is 54.2 cm³/mol. The molecule has 0 amide bonds. The lowest BCUT2D eigenvalue weighted by molar-refractivity contribution is 0.0988. The average molecular weight is 186 g/mol. The van der Waals surface area contributed by atoms with E-state index in [9.17, 15) is 0 Å². The van der Waals surface area contributed by atoms with Gasteiger partial charge in [0.15, 0.2) is 0 Å². The molecule has 1 fully saturated rings. The summed E-state index contributed by atoms with van der Waals surface area (Å²) < 4.78 is 5.21. The monoisotopic (exact) mass is 186 g/mol. The molecule has 0 aliphatic heterocycles. The Morgan fingerprint density at radius 2 is 2.23 bits per heavy atom. The molecule has 0 radical (unpaired) electrons. The highest BCUT2D eigenvalue weighted by atomic mass is 16.5. The second kappa shape index (κ2) is 5.58. The molecule has 1 rings (SSSR count). The SMILES string of the molecule is COC(C)CC(CCC1CC1)NN. The molecule has 0 aromatic carbocycles. The third kappa shape index (κ3) is 4.60. The summed E-state index contributed by atoms with van der Waals surface area (Å²) in [5.74, 6) is 6.47. The fraction of sp³-hybridized carbons (Fsp3) is 1.00. The normalized spacial score (nSPS) is 21.5. The number of hydrazine groups is 1. The van der Waals surface area contributed by atoms with E-state index in [1.165, 1.54) is 25.7 Å². The first-order valence-corrected chi connectivity index (χ1v) is 5.25. The van der Waals surface area contributed by atoms with Crippen LogP contribution in [-0.2, 0) is 4.74 Å². The van der Waals surface area contributed by atoms with Crippen molar-refractivity contribution in [3.63, 3.8) is 0 Å². The van der Waals surface area contributed by atoms with Gasteiger partial charge in [-0.3, -0.25) is 11.3 Å². The molecule has 3 N–H and O–H groups in total. The van der Waals surface area contributed by atoms with Gasteiger partial charge in [-0.15, -0.1) is 0 Å². The van der Waals surface area contributed by atoms with Crippen molar-refractivity contribution in [3.8, 4) is 0 Å². The van der Waals surface area contributed by atoms with Crippen molar-refractivity contribution in [1.82, 2.24) is 5.43 Å². The van der Waals surface area contributed by atoms with Crippen molar-refractivity contribution in [2.75, 3.05) is 7.11 Å². The lowest BCUT2D eigenvalue weighted by atomic mass is 10.0. The molecule has 0 bridgehead atoms. The number of hydrogen-bond donors (Lipinski definition) is 2. The van der Waals surface area contributed by atoms with E-state index in [0.29, 0.717) is 12.1 Å². The molecule has 1 aliphatic carbocycles. The summed E-state index contributed by atoms with van der Waals surface area (Å²) in [6, 6.07) is 0.426. The maximum atomic E-state index is 5.48. The minimum atomic E-state index is 0.306. The zero-order valence-electron chi connectivity index (χ0n) is 8.75. The first kappa shape index (κ1) is 11.0. The summed E-state index contributed by atoms with van der Waals surface area (Å²) in [6.07, 6.45) is 6.69. The molecule has 1 saturated carbocycles. The Kier molecular flexibility index (Phi) is 4.70. The Balaban J connectivity index is 2.08. The number of nitrogens with two attached hydrogens (primary N) is 1. The van der Waals surface area contributed by atoms with Crippen molar-refractivity contribution in [2.45, 2.75) is 51.2 Å². The molecule has 0 saturated heterocycles. The van der Waals surface area contributed by atoms with Gasteiger partial charge in [0.1, 0.15) is 0 Å². The minimum Gasteiger partial charge on any atom is -0.382 e. The topological polar surface area (TPSA) is 47.3 Å². The lowest BCUT2D eigenvalue weighted by Crippen LogP contribution is -2.37. The van der Waals surface area contributed by atoms with Crippen LogP contribution in [0.1, 0.15) is 39.0 Å². The fourth-order valence-corrected chi connectivity index (χ4v) is 1.61. The standard InChI is InChI=1S/C10H22N2O/c1-8(13-2)7-10(12-11)6-5-9-3-4-9/h8-10,12H,3-7,11H2,1-2H3. The van der Waals surface area contributed by atoms with Gasteiger partial charge in [-0.25, -0.2) is 0 Å². The Morgan fingerprint density at radius 3 is 2.69 bits per heavy atom. The molecule has 3 heteroatoms. The molecule has 1 aliphatic rings. The van der Waals surface area contributed by atoms with Gasteiger partial charge in [0.25, 0.3) is 0 Å². The van der Waals surface area contributed by atoms with Crippen LogP contribution in [0.3, 0.4) is 0 Å². The van der Waals surface area contributed by atoms with Crippen LogP contribution in [0.2, 0.25) is 0 Å². The smallest absolute Gasteiger partial charge is 0.0558 e. The molecule has 3 nitrogen and oxygen atoms in total. The molecule has 0 aromatic rings. The quantitative estimate of drug-likeness (QED) is 0.467. The van der Waals surface area contributed by atoms with E-state index in [1.807, 2.05) is 0 Å². The third-order valence-electron chi connectivity index (χ3n) is 2.87. The zero-order valence-corrected chi connectivity index (χ0v) is 8.75. The van der Waals surface area contributed by atoms with Crippen LogP contribution in [0.5, 0.6) is 0 Å². The summed E-state index contributed by atoms with van der Waals surface area (Å²) in [5, 5.41) is 0. The van der Waals surface area contributed by atoms with Crippen molar-refractivity contribution in [2.24, 2.45) is 11.8 Å². The summed E-state index contributed by atoms with van der Waals surface area (Å²) in [5.41, 5.74) is 2.87. The fourth-order valence-electron chi connectivity index (χ4n) is 1.61. The van der Waals surface area contributed by atoms with E-state index in [4.69, 9.17) is 10.6 Å². The second-order valence-corrected chi connectivity index (χ2v) is 4.17. The molecule has 0 heterocycles. The molecule has 0 spiro atoms. The Bertz CT molecular complexity index is 137. The first-order valence-electron chi connectivity index (χ1n) is 5.25. The van der Waals surface area contributed by atoms with Crippen molar-refractivity contribution < 1.29 is 4.74 Å². The zero-order chi connectivity index (χ0) is 9.68. The van der Waals surface area contributed by atoms with Crippen LogP contribution in [0.15, 0.2) is 0 Å². The lowest BCUT2D eigenvalue weighted by Gasteiger charge is -2.19. The third-order valence-corrected chi connectivity index (χ3v) is 2.87. The molecule has 2 atom stereocenters. The van der Waals surface area contributed by atoms with E-state index in [0.717, 1.165) is 12.3 Å². The highest BCUT2D eigenvalue weighted by molar-refractivity contribution is 4.76. The Morgan fingerprint density at radius 1 is 1.54 bits per heavy atom. The first-order chi connectivity index (χ1) is 6.26.